The summed E-state index contributed by atoms with van der Waals surface area (Å²) in [5.74, 6) is -11.6. The van der Waals surface area contributed by atoms with Gasteiger partial charge in [-0.1, -0.05) is 91.0 Å². The molecule has 0 atom stereocenters. The number of hydrogen-bond acceptors (Lipinski definition) is 7. The van der Waals surface area contributed by atoms with E-state index in [0.717, 1.165) is 47.0 Å². The van der Waals surface area contributed by atoms with E-state index in [4.69, 9.17) is 10.4 Å². The van der Waals surface area contributed by atoms with E-state index in [1.165, 1.54) is 35.9 Å². The van der Waals surface area contributed by atoms with E-state index in [9.17, 15) is 47.5 Å². The molecule has 7 aromatic rings. The molecule has 0 aliphatic carbocycles. The summed E-state index contributed by atoms with van der Waals surface area (Å²) < 4.78 is 67.7. The molecular weight excluding hydrogens is 808 g/mol. The third kappa shape index (κ3) is 12.3. The molecule has 0 saturated heterocycles. The first-order valence-electron chi connectivity index (χ1n) is 18.4. The average molecular weight is 844 g/mol. The Kier molecular flexibility index (Phi) is 15.2. The Hall–Kier alpha value is -8.37. The molecule has 7 rings (SSSR count). The van der Waals surface area contributed by atoms with Crippen LogP contribution in [0.25, 0.3) is 36.5 Å². The molecule has 6 N–H and O–H groups in total. The van der Waals surface area contributed by atoms with Crippen LogP contribution in [-0.4, -0.2) is 30.6 Å². The number of nitriles is 1. The Morgan fingerprint density at radius 2 is 0.790 bits per heavy atom. The van der Waals surface area contributed by atoms with Crippen LogP contribution in [0.3, 0.4) is 0 Å². The van der Waals surface area contributed by atoms with Gasteiger partial charge in [0.25, 0.3) is 0 Å². The summed E-state index contributed by atoms with van der Waals surface area (Å²) >= 11 is 0. The van der Waals surface area contributed by atoms with E-state index < -0.39 is 46.1 Å². The van der Waals surface area contributed by atoms with Crippen molar-refractivity contribution < 1.29 is 57.2 Å². The molecule has 0 bridgehead atoms. The fourth-order valence-corrected chi connectivity index (χ4v) is 5.41. The van der Waals surface area contributed by atoms with Crippen molar-refractivity contribution in [2.45, 2.75) is 6.54 Å². The predicted molar refractivity (Wildman–Crippen MR) is 226 cm³/mol. The number of nitrogens with zero attached hydrogens (tertiary/aromatic N) is 2. The van der Waals surface area contributed by atoms with Crippen molar-refractivity contribution in [3.8, 4) is 40.6 Å². The molecule has 0 amide bonds. The van der Waals surface area contributed by atoms with Crippen LogP contribution in [0.15, 0.2) is 134 Å². The lowest BCUT2D eigenvalue weighted by Gasteiger charge is -2.04. The van der Waals surface area contributed by atoms with Crippen LogP contribution in [0.1, 0.15) is 44.5 Å². The zero-order valence-electron chi connectivity index (χ0n) is 32.3. The van der Waals surface area contributed by atoms with Crippen LogP contribution in [0.2, 0.25) is 0 Å². The average Bonchev–Trinajstić information content (AvgIpc) is 3.28. The van der Waals surface area contributed by atoms with Crippen LogP contribution in [0.4, 0.5) is 22.0 Å². The van der Waals surface area contributed by atoms with E-state index in [-0.39, 0.29) is 28.6 Å². The number of halogens is 5. The minimum Gasteiger partial charge on any atom is -0.504 e. The second-order valence-electron chi connectivity index (χ2n) is 13.3. The van der Waals surface area contributed by atoms with Crippen LogP contribution in [0, 0.1) is 40.4 Å². The zero-order valence-corrected chi connectivity index (χ0v) is 32.3. The van der Waals surface area contributed by atoms with Gasteiger partial charge in [-0.05, 0) is 82.4 Å². The Labute approximate surface area is 352 Å². The molecule has 1 aromatic heterocycles. The lowest BCUT2D eigenvalue weighted by Crippen LogP contribution is -2.32. The highest BCUT2D eigenvalue weighted by Crippen LogP contribution is 2.29. The van der Waals surface area contributed by atoms with Gasteiger partial charge in [-0.25, -0.2) is 26.5 Å². The topological polar surface area (TPSA) is 149 Å². The first kappa shape index (κ1) is 44.7. The molecule has 312 valence electrons. The first-order valence-corrected chi connectivity index (χ1v) is 18.4. The summed E-state index contributed by atoms with van der Waals surface area (Å²) in [7, 11) is 0. The van der Waals surface area contributed by atoms with Gasteiger partial charge in [0, 0.05) is 17.7 Å². The van der Waals surface area contributed by atoms with Gasteiger partial charge in [-0.15, -0.1) is 0 Å². The molecule has 0 spiro atoms. The summed E-state index contributed by atoms with van der Waals surface area (Å²) in [6.45, 7) is 0.844. The number of phenolic OH excluding ortho intramolecular Hbond substituents is 6. The molecule has 6 aromatic carbocycles. The highest BCUT2D eigenvalue weighted by atomic mass is 19.2. The van der Waals surface area contributed by atoms with E-state index in [2.05, 4.69) is 22.8 Å². The molecule has 0 aliphatic rings. The van der Waals surface area contributed by atoms with E-state index >= 15 is 0 Å². The number of hydrogen-bond donors (Lipinski definition) is 6. The van der Waals surface area contributed by atoms with Gasteiger partial charge in [0.15, 0.2) is 76.7 Å². The fourth-order valence-electron chi connectivity index (χ4n) is 5.41. The number of aromatic nitrogens is 1. The molecule has 1 heterocycles. The maximum absolute atomic E-state index is 13.4. The van der Waals surface area contributed by atoms with Gasteiger partial charge in [0.1, 0.15) is 0 Å². The minimum absolute atomic E-state index is 0.108. The maximum Gasteiger partial charge on any atom is 0.200 e. The third-order valence-corrected chi connectivity index (χ3v) is 8.79. The van der Waals surface area contributed by atoms with Crippen molar-refractivity contribution in [3.63, 3.8) is 0 Å². The molecule has 0 radical (unpaired) electrons. The van der Waals surface area contributed by atoms with Crippen molar-refractivity contribution in [2.24, 2.45) is 0 Å². The molecule has 0 saturated carbocycles. The van der Waals surface area contributed by atoms with Gasteiger partial charge in [-0.2, -0.15) is 5.26 Å². The molecule has 62 heavy (non-hydrogen) atoms. The quantitative estimate of drug-likeness (QED) is 0.0223. The highest BCUT2D eigenvalue weighted by molar-refractivity contribution is 5.73. The molecule has 13 heteroatoms. The summed E-state index contributed by atoms with van der Waals surface area (Å²) in [5, 5.41) is 64.3. The number of aromatic hydroxyl groups is 6. The van der Waals surface area contributed by atoms with Gasteiger partial charge >= 0.3 is 0 Å². The molecule has 0 aliphatic heterocycles. The van der Waals surface area contributed by atoms with Gasteiger partial charge in [0.05, 0.1) is 17.2 Å². The minimum atomic E-state index is -2.23. The number of rotatable bonds is 8. The van der Waals surface area contributed by atoms with Crippen molar-refractivity contribution in [1.29, 1.82) is 5.26 Å². The third-order valence-electron chi connectivity index (χ3n) is 8.79. The number of pyridine rings is 1. The highest BCUT2D eigenvalue weighted by Gasteiger charge is 2.24. The van der Waals surface area contributed by atoms with Gasteiger partial charge in [0.2, 0.25) is 5.82 Å². The summed E-state index contributed by atoms with van der Waals surface area (Å²) in [6.07, 6.45) is 13.4. The zero-order chi connectivity index (χ0) is 44.8. The Morgan fingerprint density at radius 1 is 0.419 bits per heavy atom. The summed E-state index contributed by atoms with van der Waals surface area (Å²) in [4.78, 5) is 0. The number of benzene rings is 6. The molecule has 8 nitrogen and oxygen atoms in total. The Morgan fingerprint density at radius 3 is 1.21 bits per heavy atom. The second kappa shape index (κ2) is 21.1. The summed E-state index contributed by atoms with van der Waals surface area (Å²) in [6, 6.07) is 36.5. The fraction of sp³-hybridized carbons (Fsp3) is 0.0204. The van der Waals surface area contributed by atoms with Crippen molar-refractivity contribution in [1.82, 2.24) is 0 Å². The largest absolute Gasteiger partial charge is 0.504 e. The van der Waals surface area contributed by atoms with Crippen molar-refractivity contribution in [3.05, 3.63) is 207 Å². The number of phenols is 6. The smallest absolute Gasteiger partial charge is 0.200 e. The SMILES string of the molecule is N#Cc1ccc(/C=C/c2ccc(O)c(O)c2)cc1.Oc1ccc(/C=C/c2c(F)c(F)c(F)c(F)c2F)cc1O.Oc1ccc(/C=C/c2cc[n+](Cc3ccccc3)cc2)cc1O. The van der Waals surface area contributed by atoms with Crippen molar-refractivity contribution in [2.75, 3.05) is 0 Å². The van der Waals surface area contributed by atoms with Gasteiger partial charge < -0.3 is 30.6 Å². The lowest BCUT2D eigenvalue weighted by molar-refractivity contribution is -0.688. The Balaban J connectivity index is 0.000000177. The standard InChI is InChI=1S/C20H17NO2.C15H11NO2.C14H7F5O2/c22-19-9-8-17(14-20(19)23)7-6-16-10-12-21(13-11-16)15-18-4-2-1-3-5-18;16-10-13-5-2-11(3-6-13)1-4-12-7-8-14(17)15(18)9-12;15-10-7(11(16)13(18)14(19)12(10)17)3-1-6-2-4-8(20)9(21)5-6/h1-14,23H,15H2;1-9,17-18H;1-5,20-21H/p+1/b;4-1+;3-1+. The van der Waals surface area contributed by atoms with Crippen LogP contribution >= 0.6 is 0 Å². The van der Waals surface area contributed by atoms with Crippen molar-refractivity contribution >= 4 is 36.5 Å². The monoisotopic (exact) mass is 843 g/mol. The van der Waals surface area contributed by atoms with E-state index in [0.29, 0.717) is 11.6 Å². The molecular formula is C49H36F5N2O6+. The normalized spacial score (nSPS) is 10.9. The lowest BCUT2D eigenvalue weighted by atomic mass is 10.1. The molecule has 0 unspecified atom stereocenters. The van der Waals surface area contributed by atoms with Gasteiger partial charge in [-0.3, -0.25) is 0 Å². The van der Waals surface area contributed by atoms with E-state index in [1.807, 2.05) is 79.2 Å². The molecule has 0 fully saturated rings. The predicted octanol–water partition coefficient (Wildman–Crippen LogP) is 10.7. The second-order valence-corrected chi connectivity index (χ2v) is 13.3. The van der Waals surface area contributed by atoms with Crippen LogP contribution in [0.5, 0.6) is 34.5 Å². The Bertz CT molecular complexity index is 2760. The van der Waals surface area contributed by atoms with E-state index in [1.54, 1.807) is 24.3 Å². The summed E-state index contributed by atoms with van der Waals surface area (Å²) in [5.41, 5.74) is 4.63. The van der Waals surface area contributed by atoms with Crippen LogP contribution in [-0.2, 0) is 6.54 Å². The van der Waals surface area contributed by atoms with Crippen LogP contribution < -0.4 is 4.57 Å². The first-order chi connectivity index (χ1) is 29.7. The maximum atomic E-state index is 13.4.